The zero-order valence-corrected chi connectivity index (χ0v) is 6.23. The third-order valence-corrected chi connectivity index (χ3v) is 0. The van der Waals surface area contributed by atoms with Crippen LogP contribution in [0, 0.1) is 0 Å². The SMILES string of the molecule is O.O.O.[AlH2][PH2]. The van der Waals surface area contributed by atoms with Crippen molar-refractivity contribution < 1.29 is 16.4 Å². The highest BCUT2D eigenvalue weighted by atomic mass is 31.2. The molecule has 0 amide bonds. The standard InChI is InChI=1S/Al.3H2O.H2P.2H/h;4*1H2;;/q+1;;;;-1;;. The molecule has 0 aromatic heterocycles. The van der Waals surface area contributed by atoms with Gasteiger partial charge in [0.15, 0.2) is 0 Å². The Morgan fingerprint density at radius 3 is 0.800 bits per heavy atom. The largest absolute Gasteiger partial charge is 0.412 e. The number of hydrogen-bond acceptors (Lipinski definition) is 0. The molecule has 0 saturated carbocycles. The van der Waals surface area contributed by atoms with Crippen LogP contribution in [-0.4, -0.2) is 32.3 Å². The maximum Gasteiger partial charge on any atom is 0.243 e. The van der Waals surface area contributed by atoms with Gasteiger partial charge < -0.3 is 16.4 Å². The molecule has 0 aliphatic heterocycles. The highest BCUT2D eigenvalue weighted by Crippen LogP contribution is 1.42. The van der Waals surface area contributed by atoms with Gasteiger partial charge in [0.1, 0.15) is 0 Å². The monoisotopic (exact) mass is 116 g/mol. The smallest absolute Gasteiger partial charge is 0.243 e. The highest BCUT2D eigenvalue weighted by Gasteiger charge is 1.04. The second-order valence-electron chi connectivity index (χ2n) is 0. The molecule has 0 fully saturated rings. The summed E-state index contributed by atoms with van der Waals surface area (Å²) in [6, 6.07) is 0. The van der Waals surface area contributed by atoms with Gasteiger partial charge in [-0.3, -0.25) is 0 Å². The van der Waals surface area contributed by atoms with Crippen LogP contribution < -0.4 is 0 Å². The van der Waals surface area contributed by atoms with Crippen LogP contribution in [0.2, 0.25) is 0 Å². The summed E-state index contributed by atoms with van der Waals surface area (Å²) in [6.45, 7) is 0. The van der Waals surface area contributed by atoms with Crippen LogP contribution in [0.5, 0.6) is 0 Å². The Kier molecular flexibility index (Phi) is 813. The summed E-state index contributed by atoms with van der Waals surface area (Å²) in [7, 11) is 2.56. The lowest BCUT2D eigenvalue weighted by molar-refractivity contribution is 0.823. The summed E-state index contributed by atoms with van der Waals surface area (Å²) < 4.78 is 0. The van der Waals surface area contributed by atoms with Gasteiger partial charge in [0, 0.05) is 0 Å². The van der Waals surface area contributed by atoms with E-state index in [1.165, 1.54) is 15.8 Å². The Balaban J connectivity index is -0.00000000167. The molecule has 0 aliphatic rings. The van der Waals surface area contributed by atoms with Crippen LogP contribution in [0.1, 0.15) is 0 Å². The first-order valence-electron chi connectivity index (χ1n) is 0.577. The summed E-state index contributed by atoms with van der Waals surface area (Å²) in [5.41, 5.74) is 0. The van der Waals surface area contributed by atoms with E-state index in [-0.39, 0.29) is 16.4 Å². The molecule has 0 saturated heterocycles. The van der Waals surface area contributed by atoms with Crippen LogP contribution in [0.25, 0.3) is 0 Å². The zero-order chi connectivity index (χ0) is 2.00. The van der Waals surface area contributed by atoms with E-state index in [1.807, 2.05) is 0 Å². The Hall–Kier alpha value is 0.842. The zero-order valence-electron chi connectivity index (χ0n) is 3.08. The summed E-state index contributed by atoms with van der Waals surface area (Å²) in [5, 5.41) is 0. The fraction of sp³-hybridized carbons (Fsp3) is 0. The van der Waals surface area contributed by atoms with Crippen LogP contribution in [0.3, 0.4) is 0 Å². The lowest BCUT2D eigenvalue weighted by Gasteiger charge is -1.01. The quantitative estimate of drug-likeness (QED) is 0.237. The average molecular weight is 116 g/mol. The van der Waals surface area contributed by atoms with Gasteiger partial charge in [-0.2, -0.15) is 0 Å². The molecule has 5 heavy (non-hydrogen) atoms. The molecular weight excluding hydrogens is 106 g/mol. The van der Waals surface area contributed by atoms with Gasteiger partial charge in [-0.15, -0.1) is 0 Å². The van der Waals surface area contributed by atoms with E-state index in [1.54, 1.807) is 0 Å². The predicted molar refractivity (Wildman–Crippen MR) is 29.1 cm³/mol. The van der Waals surface area contributed by atoms with Gasteiger partial charge in [-0.25, -0.2) is 7.89 Å². The van der Waals surface area contributed by atoms with E-state index < -0.39 is 0 Å². The predicted octanol–water partition coefficient (Wildman–Crippen LogP) is -3.06. The molecule has 1 atom stereocenters. The second kappa shape index (κ2) is 101. The first kappa shape index (κ1) is 40.4. The van der Waals surface area contributed by atoms with Gasteiger partial charge >= 0.3 is 0 Å². The van der Waals surface area contributed by atoms with E-state index >= 15 is 0 Å². The first-order chi connectivity index (χ1) is 1.00. The Bertz CT molecular complexity index is 6.85. The second-order valence-corrected chi connectivity index (χ2v) is 0. The summed E-state index contributed by atoms with van der Waals surface area (Å²) in [5.74, 6) is 0. The summed E-state index contributed by atoms with van der Waals surface area (Å²) in [4.78, 5) is 0. The van der Waals surface area contributed by atoms with E-state index in [9.17, 15) is 0 Å². The van der Waals surface area contributed by atoms with Crippen LogP contribution in [0.15, 0.2) is 0 Å². The maximum absolute atomic E-state index is 2.56. The minimum Gasteiger partial charge on any atom is -0.412 e. The van der Waals surface area contributed by atoms with E-state index in [0.29, 0.717) is 0 Å². The van der Waals surface area contributed by atoms with Gasteiger partial charge in [-0.1, -0.05) is 0 Å². The van der Waals surface area contributed by atoms with Crippen molar-refractivity contribution in [2.75, 3.05) is 0 Å². The molecule has 5 heteroatoms. The van der Waals surface area contributed by atoms with Crippen molar-refractivity contribution in [1.29, 1.82) is 0 Å². The molecular formula is H10AlO3P. The van der Waals surface area contributed by atoms with Crippen molar-refractivity contribution in [2.45, 2.75) is 0 Å². The molecule has 3 nitrogen and oxygen atoms in total. The van der Waals surface area contributed by atoms with E-state index in [2.05, 4.69) is 7.89 Å². The van der Waals surface area contributed by atoms with E-state index in [4.69, 9.17) is 0 Å². The van der Waals surface area contributed by atoms with Crippen LogP contribution >= 0.6 is 7.89 Å². The molecule has 0 spiro atoms. The number of hydrogen-bond donors (Lipinski definition) is 0. The molecule has 0 aromatic rings. The summed E-state index contributed by atoms with van der Waals surface area (Å²) >= 11 is 1.22. The summed E-state index contributed by atoms with van der Waals surface area (Å²) in [6.07, 6.45) is 0. The number of rotatable bonds is 0. The normalized spacial score (nSPS) is 1.00. The van der Waals surface area contributed by atoms with Crippen molar-refractivity contribution in [3.8, 4) is 0 Å². The molecule has 0 heterocycles. The lowest BCUT2D eigenvalue weighted by atomic mass is 16.0. The minimum atomic E-state index is 0. The third kappa shape index (κ3) is 55.1. The lowest BCUT2D eigenvalue weighted by Crippen LogP contribution is -0.937. The fourth-order valence-corrected chi connectivity index (χ4v) is 0. The fourth-order valence-electron chi connectivity index (χ4n) is 0. The van der Waals surface area contributed by atoms with Gasteiger partial charge in [0.25, 0.3) is 0 Å². The molecule has 1 unspecified atom stereocenters. The third-order valence-electron chi connectivity index (χ3n) is 0. The Morgan fingerprint density at radius 2 is 0.800 bits per heavy atom. The molecule has 0 bridgehead atoms. The Morgan fingerprint density at radius 1 is 0.800 bits per heavy atom. The van der Waals surface area contributed by atoms with Crippen molar-refractivity contribution in [2.24, 2.45) is 0 Å². The van der Waals surface area contributed by atoms with Crippen molar-refractivity contribution in [3.63, 3.8) is 0 Å². The van der Waals surface area contributed by atoms with Crippen molar-refractivity contribution >= 4 is 23.7 Å². The highest BCUT2D eigenvalue weighted by molar-refractivity contribution is 7.49. The van der Waals surface area contributed by atoms with Crippen molar-refractivity contribution in [3.05, 3.63) is 0 Å². The molecule has 36 valence electrons. The van der Waals surface area contributed by atoms with Crippen LogP contribution in [-0.2, 0) is 0 Å². The van der Waals surface area contributed by atoms with Gasteiger partial charge in [-0.05, 0) is 0 Å². The van der Waals surface area contributed by atoms with Crippen molar-refractivity contribution in [1.82, 2.24) is 0 Å². The van der Waals surface area contributed by atoms with Crippen LogP contribution in [0.4, 0.5) is 0 Å². The topological polar surface area (TPSA) is 94.5 Å². The van der Waals surface area contributed by atoms with E-state index in [0.717, 1.165) is 0 Å². The van der Waals surface area contributed by atoms with Gasteiger partial charge in [0.2, 0.25) is 15.8 Å². The van der Waals surface area contributed by atoms with Gasteiger partial charge in [0.05, 0.1) is 0 Å². The molecule has 0 radical (unpaired) electrons. The average Bonchev–Trinajstić information content (AvgIpc) is 1.00. The Labute approximate surface area is 40.9 Å². The minimum absolute atomic E-state index is 0. The maximum atomic E-state index is 2.56. The molecule has 0 aromatic carbocycles. The molecule has 6 N–H and O–H groups in total. The first-order valence-corrected chi connectivity index (χ1v) is 5.20. The molecule has 0 aliphatic carbocycles. The molecule has 0 rings (SSSR count).